The van der Waals surface area contributed by atoms with E-state index in [9.17, 15) is 13.2 Å². The van der Waals surface area contributed by atoms with Crippen molar-refractivity contribution in [3.63, 3.8) is 0 Å². The van der Waals surface area contributed by atoms with E-state index in [1.165, 1.54) is 11.4 Å². The molecule has 1 aromatic heterocycles. The number of fused-ring (bicyclic) bond motifs is 1. The molecule has 0 spiro atoms. The lowest BCUT2D eigenvalue weighted by Gasteiger charge is -2.35. The van der Waals surface area contributed by atoms with Crippen molar-refractivity contribution >= 4 is 21.6 Å². The van der Waals surface area contributed by atoms with Crippen LogP contribution in [0.15, 0.2) is 71.8 Å². The number of nitrogens with zero attached hydrogens (tertiary/aromatic N) is 3. The molecular formula is C23H25N3O3S. The molecule has 1 atom stereocenters. The van der Waals surface area contributed by atoms with E-state index in [1.54, 1.807) is 48.5 Å². The lowest BCUT2D eigenvalue weighted by molar-refractivity contribution is 0.0644. The number of rotatable bonds is 4. The summed E-state index contributed by atoms with van der Waals surface area (Å²) in [6.07, 6.45) is 2.03. The Morgan fingerprint density at radius 3 is 2.33 bits per heavy atom. The Morgan fingerprint density at radius 1 is 1.00 bits per heavy atom. The van der Waals surface area contributed by atoms with Crippen molar-refractivity contribution in [2.45, 2.75) is 31.3 Å². The lowest BCUT2D eigenvalue weighted by atomic mass is 10.1. The quantitative estimate of drug-likeness (QED) is 0.641. The number of anilines is 1. The first-order valence-electron chi connectivity index (χ1n) is 9.91. The standard InChI is InChI=1S/C23H25N3O3S/c1-17-6-12-21(13-7-17)30(28,29)24(3)20-10-8-19(9-11-20)23(27)26-16-15-25-14-4-5-22(25)18(26)2/h4-14,18H,15-16H2,1-3H3/t18-/m0/s1. The van der Waals surface area contributed by atoms with Gasteiger partial charge in [-0.05, 0) is 62.4 Å². The normalized spacial score (nSPS) is 16.2. The maximum Gasteiger partial charge on any atom is 0.264 e. The highest BCUT2D eigenvalue weighted by molar-refractivity contribution is 7.92. The maximum atomic E-state index is 13.1. The van der Waals surface area contributed by atoms with Gasteiger partial charge in [0, 0.05) is 37.6 Å². The fraction of sp³-hybridized carbons (Fsp3) is 0.261. The molecule has 0 fully saturated rings. The van der Waals surface area contributed by atoms with Crippen LogP contribution in [0.3, 0.4) is 0 Å². The molecule has 0 N–H and O–H groups in total. The third-order valence-corrected chi connectivity index (χ3v) is 7.56. The van der Waals surface area contributed by atoms with Crippen molar-refractivity contribution < 1.29 is 13.2 Å². The largest absolute Gasteiger partial charge is 0.348 e. The Kier molecular flexibility index (Phi) is 5.15. The first-order valence-corrected chi connectivity index (χ1v) is 11.3. The number of aromatic nitrogens is 1. The summed E-state index contributed by atoms with van der Waals surface area (Å²) in [5.74, 6) is -0.0504. The van der Waals surface area contributed by atoms with Gasteiger partial charge in [-0.2, -0.15) is 0 Å². The zero-order valence-corrected chi connectivity index (χ0v) is 18.1. The van der Waals surface area contributed by atoms with E-state index in [0.29, 0.717) is 17.8 Å². The molecule has 6 nitrogen and oxygen atoms in total. The van der Waals surface area contributed by atoms with Crippen molar-refractivity contribution in [3.8, 4) is 0 Å². The number of sulfonamides is 1. The zero-order valence-electron chi connectivity index (χ0n) is 17.3. The Bertz CT molecular complexity index is 1170. The van der Waals surface area contributed by atoms with Gasteiger partial charge >= 0.3 is 0 Å². The van der Waals surface area contributed by atoms with Crippen LogP contribution in [0.4, 0.5) is 5.69 Å². The molecule has 1 aliphatic rings. The molecule has 0 radical (unpaired) electrons. The van der Waals surface area contributed by atoms with Crippen molar-refractivity contribution in [3.05, 3.63) is 83.7 Å². The van der Waals surface area contributed by atoms with E-state index in [4.69, 9.17) is 0 Å². The highest BCUT2D eigenvalue weighted by Crippen LogP contribution is 2.28. The third-order valence-electron chi connectivity index (χ3n) is 5.76. The molecule has 156 valence electrons. The molecule has 1 amide bonds. The summed E-state index contributed by atoms with van der Waals surface area (Å²) in [4.78, 5) is 15.2. The van der Waals surface area contributed by atoms with Gasteiger partial charge in [0.1, 0.15) is 0 Å². The fourth-order valence-corrected chi connectivity index (χ4v) is 5.04. The molecule has 30 heavy (non-hydrogen) atoms. The van der Waals surface area contributed by atoms with Crippen LogP contribution in [-0.2, 0) is 16.6 Å². The van der Waals surface area contributed by atoms with E-state index >= 15 is 0 Å². The summed E-state index contributed by atoms with van der Waals surface area (Å²) in [7, 11) is -2.14. The van der Waals surface area contributed by atoms with Crippen LogP contribution in [0.2, 0.25) is 0 Å². The fourth-order valence-electron chi connectivity index (χ4n) is 3.84. The average Bonchev–Trinajstić information content (AvgIpc) is 3.23. The third kappa shape index (κ3) is 3.50. The van der Waals surface area contributed by atoms with E-state index in [2.05, 4.69) is 4.57 Å². The number of aryl methyl sites for hydroxylation is 1. The van der Waals surface area contributed by atoms with Crippen molar-refractivity contribution in [2.75, 3.05) is 17.9 Å². The second-order valence-electron chi connectivity index (χ2n) is 7.63. The Morgan fingerprint density at radius 2 is 1.67 bits per heavy atom. The smallest absolute Gasteiger partial charge is 0.264 e. The minimum absolute atomic E-state index is 0.00878. The van der Waals surface area contributed by atoms with Gasteiger partial charge in [0.25, 0.3) is 15.9 Å². The van der Waals surface area contributed by atoms with Gasteiger partial charge in [-0.3, -0.25) is 9.10 Å². The molecule has 2 heterocycles. The molecule has 7 heteroatoms. The van der Waals surface area contributed by atoms with Crippen LogP contribution in [0.25, 0.3) is 0 Å². The molecule has 4 rings (SSSR count). The predicted octanol–water partition coefficient (Wildman–Crippen LogP) is 3.84. The zero-order chi connectivity index (χ0) is 21.5. The van der Waals surface area contributed by atoms with Gasteiger partial charge in [0.05, 0.1) is 16.6 Å². The lowest BCUT2D eigenvalue weighted by Crippen LogP contribution is -2.40. The van der Waals surface area contributed by atoms with Gasteiger partial charge in [-0.25, -0.2) is 8.42 Å². The van der Waals surface area contributed by atoms with Gasteiger partial charge < -0.3 is 9.47 Å². The molecule has 2 aromatic carbocycles. The number of carbonyl (C=O) groups is 1. The minimum atomic E-state index is -3.66. The van der Waals surface area contributed by atoms with Crippen molar-refractivity contribution in [2.24, 2.45) is 0 Å². The monoisotopic (exact) mass is 423 g/mol. The van der Waals surface area contributed by atoms with Crippen LogP contribution >= 0.6 is 0 Å². The van der Waals surface area contributed by atoms with E-state index in [1.807, 2.05) is 37.1 Å². The number of hydrogen-bond donors (Lipinski definition) is 0. The summed E-state index contributed by atoms with van der Waals surface area (Å²) < 4.78 is 29.2. The molecular weight excluding hydrogens is 398 g/mol. The summed E-state index contributed by atoms with van der Waals surface area (Å²) in [6, 6.07) is 17.5. The van der Waals surface area contributed by atoms with Crippen LogP contribution in [0.1, 0.15) is 34.6 Å². The molecule has 0 unspecified atom stereocenters. The number of carbonyl (C=O) groups excluding carboxylic acids is 1. The van der Waals surface area contributed by atoms with Gasteiger partial charge in [-0.1, -0.05) is 17.7 Å². The van der Waals surface area contributed by atoms with Crippen LogP contribution in [-0.4, -0.2) is 37.4 Å². The Hall–Kier alpha value is -3.06. The van der Waals surface area contributed by atoms with Crippen molar-refractivity contribution in [1.82, 2.24) is 9.47 Å². The molecule has 1 aliphatic heterocycles. The average molecular weight is 424 g/mol. The first-order chi connectivity index (χ1) is 14.3. The predicted molar refractivity (Wildman–Crippen MR) is 117 cm³/mol. The number of benzene rings is 2. The molecule has 0 aliphatic carbocycles. The van der Waals surface area contributed by atoms with Crippen molar-refractivity contribution in [1.29, 1.82) is 0 Å². The summed E-state index contributed by atoms with van der Waals surface area (Å²) in [5.41, 5.74) is 3.17. The summed E-state index contributed by atoms with van der Waals surface area (Å²) in [6.45, 7) is 5.36. The molecule has 0 saturated heterocycles. The van der Waals surface area contributed by atoms with E-state index < -0.39 is 10.0 Å². The first kappa shape index (κ1) is 20.2. The second kappa shape index (κ2) is 7.65. The van der Waals surface area contributed by atoms with Crippen LogP contribution < -0.4 is 4.31 Å². The number of hydrogen-bond acceptors (Lipinski definition) is 3. The van der Waals surface area contributed by atoms with Gasteiger partial charge in [0.15, 0.2) is 0 Å². The molecule has 3 aromatic rings. The highest BCUT2D eigenvalue weighted by atomic mass is 32.2. The Balaban J connectivity index is 1.54. The van der Waals surface area contributed by atoms with Gasteiger partial charge in [0.2, 0.25) is 0 Å². The van der Waals surface area contributed by atoms with Crippen LogP contribution in [0.5, 0.6) is 0 Å². The molecule has 0 bridgehead atoms. The summed E-state index contributed by atoms with van der Waals surface area (Å²) in [5, 5.41) is 0. The van der Waals surface area contributed by atoms with Crippen LogP contribution in [0, 0.1) is 6.92 Å². The Labute approximate surface area is 177 Å². The summed E-state index contributed by atoms with van der Waals surface area (Å²) >= 11 is 0. The van der Waals surface area contributed by atoms with E-state index in [0.717, 1.165) is 17.8 Å². The topological polar surface area (TPSA) is 62.6 Å². The number of amides is 1. The minimum Gasteiger partial charge on any atom is -0.348 e. The van der Waals surface area contributed by atoms with Gasteiger partial charge in [-0.15, -0.1) is 0 Å². The van der Waals surface area contributed by atoms with E-state index in [-0.39, 0.29) is 16.8 Å². The maximum absolute atomic E-state index is 13.1. The molecule has 0 saturated carbocycles. The second-order valence-corrected chi connectivity index (χ2v) is 9.60. The highest BCUT2D eigenvalue weighted by Gasteiger charge is 2.28. The SMILES string of the molecule is Cc1ccc(S(=O)(=O)N(C)c2ccc(C(=O)N3CCn4cccc4[C@@H]3C)cc2)cc1.